The quantitative estimate of drug-likeness (QED) is 0.508. The highest BCUT2D eigenvalue weighted by molar-refractivity contribution is 4.96. The van der Waals surface area contributed by atoms with Crippen molar-refractivity contribution in [2.75, 3.05) is 6.54 Å². The number of hydrogen-bond donors (Lipinski definition) is 2. The summed E-state index contributed by atoms with van der Waals surface area (Å²) in [5.41, 5.74) is 1.12. The summed E-state index contributed by atoms with van der Waals surface area (Å²) in [6.07, 6.45) is 10.0. The maximum atomic E-state index is 5.14. The van der Waals surface area contributed by atoms with Gasteiger partial charge in [0.1, 0.15) is 0 Å². The van der Waals surface area contributed by atoms with Crippen molar-refractivity contribution in [2.45, 2.75) is 25.8 Å². The van der Waals surface area contributed by atoms with Crippen LogP contribution in [0.15, 0.2) is 12.3 Å². The van der Waals surface area contributed by atoms with Crippen LogP contribution in [0.5, 0.6) is 0 Å². The fourth-order valence-electron chi connectivity index (χ4n) is 1.08. The molecule has 0 amide bonds. The molecule has 0 unspecified atom stereocenters. The Labute approximate surface area is 78.9 Å². The van der Waals surface area contributed by atoms with Gasteiger partial charge in [0, 0.05) is 24.9 Å². The molecule has 0 aliphatic rings. The number of H-pyrrole nitrogens is 1. The molecule has 0 aromatic carbocycles. The van der Waals surface area contributed by atoms with Gasteiger partial charge >= 0.3 is 0 Å². The SMILES string of the molecule is C#CCCCCNCc1ccn[nH]1. The predicted molar refractivity (Wildman–Crippen MR) is 53.0 cm³/mol. The lowest BCUT2D eigenvalue weighted by Gasteiger charge is -2.00. The number of unbranched alkanes of at least 4 members (excludes halogenated alkanes) is 2. The first kappa shape index (κ1) is 9.82. The zero-order chi connectivity index (χ0) is 9.36. The maximum Gasteiger partial charge on any atom is 0.0490 e. The topological polar surface area (TPSA) is 40.7 Å². The molecule has 0 saturated heterocycles. The molecular weight excluding hydrogens is 162 g/mol. The fourth-order valence-corrected chi connectivity index (χ4v) is 1.08. The molecule has 1 aromatic rings. The van der Waals surface area contributed by atoms with Gasteiger partial charge < -0.3 is 5.32 Å². The number of nitrogens with one attached hydrogen (secondary N) is 2. The molecule has 70 valence electrons. The van der Waals surface area contributed by atoms with Gasteiger partial charge in [0.15, 0.2) is 0 Å². The molecule has 0 atom stereocenters. The molecule has 3 nitrogen and oxygen atoms in total. The Kier molecular flexibility index (Phi) is 4.73. The van der Waals surface area contributed by atoms with Gasteiger partial charge in [-0.2, -0.15) is 5.10 Å². The minimum absolute atomic E-state index is 0.857. The van der Waals surface area contributed by atoms with E-state index in [9.17, 15) is 0 Å². The first-order valence-electron chi connectivity index (χ1n) is 4.56. The van der Waals surface area contributed by atoms with Gasteiger partial charge in [0.25, 0.3) is 0 Å². The normalized spacial score (nSPS) is 9.77. The van der Waals surface area contributed by atoms with Gasteiger partial charge in [-0.05, 0) is 25.5 Å². The van der Waals surface area contributed by atoms with Crippen LogP contribution in [0, 0.1) is 12.3 Å². The fraction of sp³-hybridized carbons (Fsp3) is 0.500. The molecule has 0 fully saturated rings. The Morgan fingerprint density at radius 3 is 3.15 bits per heavy atom. The Bertz CT molecular complexity index is 246. The Balaban J connectivity index is 1.94. The predicted octanol–water partition coefficient (Wildman–Crippen LogP) is 1.30. The van der Waals surface area contributed by atoms with Crippen LogP contribution < -0.4 is 5.32 Å². The maximum absolute atomic E-state index is 5.14. The number of aromatic amines is 1. The molecule has 0 spiro atoms. The third-order valence-electron chi connectivity index (χ3n) is 1.80. The van der Waals surface area contributed by atoms with E-state index in [-0.39, 0.29) is 0 Å². The van der Waals surface area contributed by atoms with E-state index in [1.54, 1.807) is 6.20 Å². The summed E-state index contributed by atoms with van der Waals surface area (Å²) in [5.74, 6) is 2.63. The van der Waals surface area contributed by atoms with Crippen molar-refractivity contribution in [1.82, 2.24) is 15.5 Å². The highest BCUT2D eigenvalue weighted by atomic mass is 15.1. The standard InChI is InChI=1S/C10H15N3/c1-2-3-4-5-7-11-9-10-6-8-12-13-10/h1,6,8,11H,3-5,7,9H2,(H,12,13). The zero-order valence-electron chi connectivity index (χ0n) is 7.71. The van der Waals surface area contributed by atoms with E-state index >= 15 is 0 Å². The van der Waals surface area contributed by atoms with Crippen LogP contribution >= 0.6 is 0 Å². The zero-order valence-corrected chi connectivity index (χ0v) is 7.71. The molecule has 0 bridgehead atoms. The summed E-state index contributed by atoms with van der Waals surface area (Å²) in [7, 11) is 0. The molecule has 1 aromatic heterocycles. The molecule has 1 heterocycles. The Hall–Kier alpha value is -1.27. The highest BCUT2D eigenvalue weighted by Gasteiger charge is 1.91. The smallest absolute Gasteiger partial charge is 0.0490 e. The van der Waals surface area contributed by atoms with Gasteiger partial charge in [-0.1, -0.05) is 0 Å². The number of nitrogens with zero attached hydrogens (tertiary/aromatic N) is 1. The van der Waals surface area contributed by atoms with Crippen LogP contribution in [-0.2, 0) is 6.54 Å². The largest absolute Gasteiger partial charge is 0.311 e. The van der Waals surface area contributed by atoms with Crippen molar-refractivity contribution in [3.8, 4) is 12.3 Å². The van der Waals surface area contributed by atoms with E-state index in [2.05, 4.69) is 21.4 Å². The van der Waals surface area contributed by atoms with Gasteiger partial charge in [0.2, 0.25) is 0 Å². The average molecular weight is 177 g/mol. The summed E-state index contributed by atoms with van der Waals surface area (Å²) >= 11 is 0. The Morgan fingerprint density at radius 1 is 1.54 bits per heavy atom. The number of hydrogen-bond acceptors (Lipinski definition) is 2. The van der Waals surface area contributed by atoms with Crippen molar-refractivity contribution >= 4 is 0 Å². The minimum Gasteiger partial charge on any atom is -0.311 e. The van der Waals surface area contributed by atoms with Crippen molar-refractivity contribution in [2.24, 2.45) is 0 Å². The van der Waals surface area contributed by atoms with E-state index in [4.69, 9.17) is 6.42 Å². The molecule has 0 aliphatic carbocycles. The van der Waals surface area contributed by atoms with Gasteiger partial charge in [0.05, 0.1) is 0 Å². The average Bonchev–Trinajstić information content (AvgIpc) is 2.63. The molecule has 1 rings (SSSR count). The first-order chi connectivity index (χ1) is 6.43. The van der Waals surface area contributed by atoms with Crippen LogP contribution in [0.2, 0.25) is 0 Å². The Morgan fingerprint density at radius 2 is 2.46 bits per heavy atom. The van der Waals surface area contributed by atoms with E-state index < -0.39 is 0 Å². The van der Waals surface area contributed by atoms with Gasteiger partial charge in [-0.25, -0.2) is 0 Å². The molecule has 2 N–H and O–H groups in total. The van der Waals surface area contributed by atoms with Gasteiger partial charge in [-0.3, -0.25) is 5.10 Å². The highest BCUT2D eigenvalue weighted by Crippen LogP contribution is 1.93. The lowest BCUT2D eigenvalue weighted by Crippen LogP contribution is -2.14. The monoisotopic (exact) mass is 177 g/mol. The first-order valence-corrected chi connectivity index (χ1v) is 4.56. The summed E-state index contributed by atoms with van der Waals surface area (Å²) in [6, 6.07) is 1.97. The second-order valence-electron chi connectivity index (χ2n) is 2.92. The second-order valence-corrected chi connectivity index (χ2v) is 2.92. The number of terminal acetylenes is 1. The van der Waals surface area contributed by atoms with Crippen molar-refractivity contribution in [1.29, 1.82) is 0 Å². The molecule has 0 radical (unpaired) electrons. The van der Waals surface area contributed by atoms with Crippen LogP contribution in [-0.4, -0.2) is 16.7 Å². The van der Waals surface area contributed by atoms with Crippen LogP contribution in [0.25, 0.3) is 0 Å². The summed E-state index contributed by atoms with van der Waals surface area (Å²) < 4.78 is 0. The lowest BCUT2D eigenvalue weighted by atomic mass is 10.2. The van der Waals surface area contributed by atoms with Crippen LogP contribution in [0.4, 0.5) is 0 Å². The van der Waals surface area contributed by atoms with Crippen molar-refractivity contribution in [3.05, 3.63) is 18.0 Å². The summed E-state index contributed by atoms with van der Waals surface area (Å²) in [6.45, 7) is 1.87. The summed E-state index contributed by atoms with van der Waals surface area (Å²) in [5, 5.41) is 10.1. The molecule has 0 saturated carbocycles. The van der Waals surface area contributed by atoms with E-state index in [1.165, 1.54) is 0 Å². The molecular formula is C10H15N3. The van der Waals surface area contributed by atoms with Crippen molar-refractivity contribution < 1.29 is 0 Å². The molecule has 13 heavy (non-hydrogen) atoms. The van der Waals surface area contributed by atoms with E-state index in [0.717, 1.165) is 38.0 Å². The summed E-state index contributed by atoms with van der Waals surface area (Å²) in [4.78, 5) is 0. The lowest BCUT2D eigenvalue weighted by molar-refractivity contribution is 0.622. The van der Waals surface area contributed by atoms with Crippen LogP contribution in [0.1, 0.15) is 25.0 Å². The second kappa shape index (κ2) is 6.27. The third kappa shape index (κ3) is 4.34. The molecule has 0 aliphatic heterocycles. The number of rotatable bonds is 6. The number of aromatic nitrogens is 2. The molecule has 3 heteroatoms. The van der Waals surface area contributed by atoms with Crippen molar-refractivity contribution in [3.63, 3.8) is 0 Å². The third-order valence-corrected chi connectivity index (χ3v) is 1.80. The minimum atomic E-state index is 0.857. The van der Waals surface area contributed by atoms with Gasteiger partial charge in [-0.15, -0.1) is 12.3 Å². The van der Waals surface area contributed by atoms with E-state index in [0.29, 0.717) is 0 Å². The van der Waals surface area contributed by atoms with Crippen LogP contribution in [0.3, 0.4) is 0 Å². The van der Waals surface area contributed by atoms with E-state index in [1.807, 2.05) is 6.07 Å².